The second kappa shape index (κ2) is 21.0. The number of phenolic OH excluding ortho intramolecular Hbond substituents is 1. The van der Waals surface area contributed by atoms with Gasteiger partial charge in [-0.15, -0.1) is 0 Å². The lowest BCUT2D eigenvalue weighted by Crippen LogP contribution is -2.59. The number of nitrogens with one attached hydrogen (secondary N) is 5. The first-order valence-corrected chi connectivity index (χ1v) is 15.8. The van der Waals surface area contributed by atoms with E-state index < -0.39 is 110 Å². The van der Waals surface area contributed by atoms with Gasteiger partial charge in [-0.2, -0.15) is 0 Å². The molecule has 0 spiro atoms. The average Bonchev–Trinajstić information content (AvgIpc) is 3.03. The highest BCUT2D eigenvalue weighted by atomic mass is 16.4. The molecule has 0 saturated carbocycles. The minimum Gasteiger partial charge on any atom is -0.508 e. The molecule has 0 aliphatic carbocycles. The number of aliphatic carboxylic acids is 3. The Balaban J connectivity index is 3.27. The molecule has 6 atom stereocenters. The zero-order valence-electron chi connectivity index (χ0n) is 28.0. The van der Waals surface area contributed by atoms with Gasteiger partial charge in [-0.25, -0.2) is 0 Å². The van der Waals surface area contributed by atoms with Gasteiger partial charge in [0.25, 0.3) is 0 Å². The summed E-state index contributed by atoms with van der Waals surface area (Å²) in [6, 6.07) is -0.401. The van der Waals surface area contributed by atoms with Crippen LogP contribution in [-0.4, -0.2) is 105 Å². The zero-order chi connectivity index (χ0) is 37.3. The highest BCUT2D eigenvalue weighted by molar-refractivity contribution is 5.96. The average molecular weight is 694 g/mol. The Morgan fingerprint density at radius 1 is 0.633 bits per heavy atom. The van der Waals surface area contributed by atoms with Gasteiger partial charge in [-0.05, 0) is 63.3 Å². The van der Waals surface area contributed by atoms with Crippen molar-refractivity contribution in [2.75, 3.05) is 7.05 Å². The van der Waals surface area contributed by atoms with Crippen molar-refractivity contribution in [2.45, 2.75) is 102 Å². The van der Waals surface area contributed by atoms with Gasteiger partial charge < -0.3 is 47.0 Å². The summed E-state index contributed by atoms with van der Waals surface area (Å²) in [6.07, 6.45) is -2.38. The van der Waals surface area contributed by atoms with Crippen molar-refractivity contribution >= 4 is 47.3 Å². The summed E-state index contributed by atoms with van der Waals surface area (Å²) in [7, 11) is 1.49. The standard InChI is InChI=1S/C32H47N5O12/c1-5-17(2)28(18(3)38)37-31(48)23(12-15-27(44)45)35-29(46)21(10-13-25(40)41)34-30(47)22(11-14-26(42)43)36-32(49)24(33-4)16-19-6-8-20(39)9-7-19/h6-9,17,21-24,28,33,39H,5,10-16H2,1-4H3,(H,34,47)(H,35,46)(H,36,49)(H,37,48)(H,40,41)(H,42,43)(H,44,45). The number of carboxylic acids is 3. The second-order valence-electron chi connectivity index (χ2n) is 11.7. The van der Waals surface area contributed by atoms with Crippen LogP contribution in [0.15, 0.2) is 24.3 Å². The summed E-state index contributed by atoms with van der Waals surface area (Å²) in [5.41, 5.74) is 0.657. The van der Waals surface area contributed by atoms with Crippen LogP contribution in [0.4, 0.5) is 0 Å². The Hall–Kier alpha value is -5.06. The number of carbonyl (C=O) groups excluding carboxylic acids is 5. The van der Waals surface area contributed by atoms with Crippen molar-refractivity contribution in [3.63, 3.8) is 0 Å². The van der Waals surface area contributed by atoms with E-state index in [1.54, 1.807) is 26.0 Å². The zero-order valence-corrected chi connectivity index (χ0v) is 28.0. The number of ketones is 1. The highest BCUT2D eigenvalue weighted by Gasteiger charge is 2.33. The smallest absolute Gasteiger partial charge is 0.303 e. The van der Waals surface area contributed by atoms with E-state index in [9.17, 15) is 58.8 Å². The lowest BCUT2D eigenvalue weighted by molar-refractivity contribution is -0.140. The molecule has 272 valence electrons. The molecule has 9 N–H and O–H groups in total. The largest absolute Gasteiger partial charge is 0.508 e. The first-order chi connectivity index (χ1) is 23.0. The number of hydrogen-bond acceptors (Lipinski definition) is 10. The van der Waals surface area contributed by atoms with Gasteiger partial charge in [-0.3, -0.25) is 38.4 Å². The summed E-state index contributed by atoms with van der Waals surface area (Å²) < 4.78 is 0. The number of carboxylic acid groups (broad SMARTS) is 3. The number of phenols is 1. The van der Waals surface area contributed by atoms with Gasteiger partial charge in [0, 0.05) is 19.3 Å². The Morgan fingerprint density at radius 2 is 1.00 bits per heavy atom. The van der Waals surface area contributed by atoms with Crippen molar-refractivity contribution in [3.8, 4) is 5.75 Å². The summed E-state index contributed by atoms with van der Waals surface area (Å²) in [6.45, 7) is 4.79. The SMILES string of the molecule is CCC(C)C(NC(=O)C(CCC(=O)O)NC(=O)C(CCC(=O)O)NC(=O)C(CCC(=O)O)NC(=O)C(Cc1ccc(O)cc1)NC)C(C)=O. The van der Waals surface area contributed by atoms with Crippen LogP contribution in [0.25, 0.3) is 0 Å². The molecule has 17 heteroatoms. The van der Waals surface area contributed by atoms with E-state index in [2.05, 4.69) is 26.6 Å². The number of Topliss-reactive ketones (excluding diaryl/α,β-unsaturated/α-hetero) is 1. The van der Waals surface area contributed by atoms with Gasteiger partial charge in [0.15, 0.2) is 5.78 Å². The van der Waals surface area contributed by atoms with Crippen LogP contribution in [0, 0.1) is 5.92 Å². The van der Waals surface area contributed by atoms with Crippen LogP contribution in [0.2, 0.25) is 0 Å². The fourth-order valence-corrected chi connectivity index (χ4v) is 4.75. The topological polar surface area (TPSA) is 278 Å². The van der Waals surface area contributed by atoms with Gasteiger partial charge in [-0.1, -0.05) is 32.4 Å². The third-order valence-corrected chi connectivity index (χ3v) is 7.83. The van der Waals surface area contributed by atoms with Crippen LogP contribution in [0.3, 0.4) is 0 Å². The highest BCUT2D eigenvalue weighted by Crippen LogP contribution is 2.13. The molecule has 0 radical (unpaired) electrons. The van der Waals surface area contributed by atoms with Crippen LogP contribution in [0.1, 0.15) is 71.3 Å². The maximum atomic E-state index is 13.4. The van der Waals surface area contributed by atoms with Gasteiger partial charge in [0.2, 0.25) is 23.6 Å². The third kappa shape index (κ3) is 15.6. The molecular formula is C32H47N5O12. The fourth-order valence-electron chi connectivity index (χ4n) is 4.75. The molecule has 0 fully saturated rings. The summed E-state index contributed by atoms with van der Waals surface area (Å²) in [5.74, 6) is -8.15. The van der Waals surface area contributed by atoms with E-state index in [0.717, 1.165) is 0 Å². The van der Waals surface area contributed by atoms with Crippen molar-refractivity contribution in [1.29, 1.82) is 0 Å². The van der Waals surface area contributed by atoms with Crippen LogP contribution in [-0.2, 0) is 44.8 Å². The lowest BCUT2D eigenvalue weighted by Gasteiger charge is -2.27. The van der Waals surface area contributed by atoms with E-state index in [4.69, 9.17) is 0 Å². The van der Waals surface area contributed by atoms with Crippen molar-refractivity contribution in [1.82, 2.24) is 26.6 Å². The van der Waals surface area contributed by atoms with E-state index in [1.807, 2.05) is 0 Å². The first kappa shape index (κ1) is 42.0. The number of likely N-dealkylation sites (N-methyl/N-ethyl adjacent to an activating group) is 1. The first-order valence-electron chi connectivity index (χ1n) is 15.8. The van der Waals surface area contributed by atoms with Crippen molar-refractivity contribution in [2.24, 2.45) is 5.92 Å². The number of benzene rings is 1. The maximum absolute atomic E-state index is 13.4. The quantitative estimate of drug-likeness (QED) is 0.0712. The van der Waals surface area contributed by atoms with Crippen molar-refractivity contribution < 1.29 is 58.8 Å². The molecule has 4 amide bonds. The summed E-state index contributed by atoms with van der Waals surface area (Å²) >= 11 is 0. The number of hydrogen-bond donors (Lipinski definition) is 9. The molecule has 1 rings (SSSR count). The Bertz CT molecular complexity index is 1340. The Morgan fingerprint density at radius 3 is 1.33 bits per heavy atom. The van der Waals surface area contributed by atoms with E-state index in [-0.39, 0.29) is 23.9 Å². The van der Waals surface area contributed by atoms with E-state index in [0.29, 0.717) is 12.0 Å². The molecule has 0 aromatic heterocycles. The fraction of sp³-hybridized carbons (Fsp3) is 0.562. The van der Waals surface area contributed by atoms with Crippen LogP contribution < -0.4 is 26.6 Å². The molecule has 0 bridgehead atoms. The van der Waals surface area contributed by atoms with Gasteiger partial charge in [0.05, 0.1) is 12.1 Å². The van der Waals surface area contributed by atoms with E-state index >= 15 is 0 Å². The van der Waals surface area contributed by atoms with Crippen LogP contribution >= 0.6 is 0 Å². The third-order valence-electron chi connectivity index (χ3n) is 7.83. The maximum Gasteiger partial charge on any atom is 0.303 e. The molecule has 0 saturated heterocycles. The predicted octanol–water partition coefficient (Wildman–Crippen LogP) is -0.309. The number of amides is 4. The molecule has 49 heavy (non-hydrogen) atoms. The molecule has 17 nitrogen and oxygen atoms in total. The number of rotatable bonds is 23. The van der Waals surface area contributed by atoms with Gasteiger partial charge in [0.1, 0.15) is 23.9 Å². The Kier molecular flexibility index (Phi) is 18.0. The second-order valence-corrected chi connectivity index (χ2v) is 11.7. The van der Waals surface area contributed by atoms with Crippen LogP contribution in [0.5, 0.6) is 5.75 Å². The number of carbonyl (C=O) groups is 8. The summed E-state index contributed by atoms with van der Waals surface area (Å²) in [5, 5.41) is 49.7. The molecule has 1 aromatic carbocycles. The molecule has 0 aliphatic rings. The molecule has 1 aromatic rings. The van der Waals surface area contributed by atoms with Crippen molar-refractivity contribution in [3.05, 3.63) is 29.8 Å². The molecule has 6 unspecified atom stereocenters. The minimum absolute atomic E-state index is 0.0151. The predicted molar refractivity (Wildman–Crippen MR) is 173 cm³/mol. The molecule has 0 heterocycles. The van der Waals surface area contributed by atoms with E-state index in [1.165, 1.54) is 26.1 Å². The minimum atomic E-state index is -1.61. The normalized spacial score (nSPS) is 14.5. The lowest BCUT2D eigenvalue weighted by atomic mass is 9.95. The van der Waals surface area contributed by atoms with Gasteiger partial charge >= 0.3 is 17.9 Å². The monoisotopic (exact) mass is 693 g/mol. The number of aromatic hydroxyl groups is 1. The molecular weight excluding hydrogens is 646 g/mol. The summed E-state index contributed by atoms with van der Waals surface area (Å²) in [4.78, 5) is 99.4. The molecule has 0 aliphatic heterocycles. The Labute approximate surface area is 283 Å².